The van der Waals surface area contributed by atoms with Crippen molar-refractivity contribution in [2.24, 2.45) is 0 Å². The maximum Gasteiger partial charge on any atom is 0.256 e. The Morgan fingerprint density at radius 3 is 2.65 bits per heavy atom. The van der Waals surface area contributed by atoms with Crippen LogP contribution in [0.4, 0.5) is 5.82 Å². The quantitative estimate of drug-likeness (QED) is 0.910. The zero-order valence-electron chi connectivity index (χ0n) is 12.0. The maximum absolute atomic E-state index is 12.2. The number of carbonyl (C=O) groups is 1. The van der Waals surface area contributed by atoms with E-state index in [-0.39, 0.29) is 11.9 Å². The molecular formula is C15H19N3O2. The molecule has 0 aliphatic rings. The molecule has 0 saturated carbocycles. The van der Waals surface area contributed by atoms with Gasteiger partial charge < -0.3 is 10.1 Å². The van der Waals surface area contributed by atoms with Crippen molar-refractivity contribution in [3.63, 3.8) is 0 Å². The predicted molar refractivity (Wildman–Crippen MR) is 78.2 cm³/mol. The molecule has 0 aliphatic heterocycles. The Morgan fingerprint density at radius 1 is 1.35 bits per heavy atom. The number of ether oxygens (including phenoxy) is 1. The Kier molecular flexibility index (Phi) is 4.40. The third-order valence-corrected chi connectivity index (χ3v) is 3.27. The van der Waals surface area contributed by atoms with Gasteiger partial charge in [-0.05, 0) is 37.6 Å². The summed E-state index contributed by atoms with van der Waals surface area (Å²) in [5.41, 5.74) is 0.586. The summed E-state index contributed by atoms with van der Waals surface area (Å²) in [7, 11) is 1.60. The van der Waals surface area contributed by atoms with Crippen LogP contribution in [0, 0.1) is 0 Å². The summed E-state index contributed by atoms with van der Waals surface area (Å²) in [5, 5.41) is 7.12. The van der Waals surface area contributed by atoms with Crippen LogP contribution in [0.15, 0.2) is 36.5 Å². The largest absolute Gasteiger partial charge is 0.497 e. The molecule has 1 atom stereocenters. The molecule has 5 heteroatoms. The van der Waals surface area contributed by atoms with E-state index in [4.69, 9.17) is 4.74 Å². The van der Waals surface area contributed by atoms with Crippen LogP contribution in [-0.4, -0.2) is 22.8 Å². The third kappa shape index (κ3) is 2.99. The molecule has 1 heterocycles. The molecule has 5 nitrogen and oxygen atoms in total. The van der Waals surface area contributed by atoms with E-state index in [2.05, 4.69) is 24.3 Å². The van der Waals surface area contributed by atoms with Crippen LogP contribution in [0.3, 0.4) is 0 Å². The summed E-state index contributed by atoms with van der Waals surface area (Å²) < 4.78 is 6.89. The molecule has 0 radical (unpaired) electrons. The minimum absolute atomic E-state index is 0.155. The number of methoxy groups -OCH3 is 1. The van der Waals surface area contributed by atoms with Crippen molar-refractivity contribution in [3.05, 3.63) is 42.1 Å². The van der Waals surface area contributed by atoms with E-state index in [1.807, 2.05) is 4.68 Å². The van der Waals surface area contributed by atoms with Crippen molar-refractivity contribution >= 4 is 11.7 Å². The van der Waals surface area contributed by atoms with Crippen LogP contribution >= 0.6 is 0 Å². The van der Waals surface area contributed by atoms with Crippen molar-refractivity contribution < 1.29 is 9.53 Å². The fourth-order valence-corrected chi connectivity index (χ4v) is 1.87. The molecule has 1 N–H and O–H groups in total. The number of rotatable bonds is 5. The van der Waals surface area contributed by atoms with Gasteiger partial charge in [0.15, 0.2) is 0 Å². The molecule has 20 heavy (non-hydrogen) atoms. The highest BCUT2D eigenvalue weighted by atomic mass is 16.5. The summed E-state index contributed by atoms with van der Waals surface area (Å²) in [4.78, 5) is 12.2. The van der Waals surface area contributed by atoms with Crippen molar-refractivity contribution in [3.8, 4) is 5.75 Å². The lowest BCUT2D eigenvalue weighted by atomic mass is 10.2. The highest BCUT2D eigenvalue weighted by Gasteiger charge is 2.12. The van der Waals surface area contributed by atoms with Crippen LogP contribution in [0.5, 0.6) is 5.75 Å². The first-order chi connectivity index (χ1) is 9.65. The summed E-state index contributed by atoms with van der Waals surface area (Å²) in [6, 6.07) is 9.04. The predicted octanol–water partition coefficient (Wildman–Crippen LogP) is 3.12. The molecule has 1 aromatic carbocycles. The second-order valence-corrected chi connectivity index (χ2v) is 4.60. The average Bonchev–Trinajstić information content (AvgIpc) is 2.94. The Balaban J connectivity index is 2.13. The zero-order valence-corrected chi connectivity index (χ0v) is 12.0. The van der Waals surface area contributed by atoms with Gasteiger partial charge in [-0.25, -0.2) is 4.68 Å². The monoisotopic (exact) mass is 273 g/mol. The Morgan fingerprint density at radius 2 is 2.05 bits per heavy atom. The number of benzene rings is 1. The number of anilines is 1. The maximum atomic E-state index is 12.2. The highest BCUT2D eigenvalue weighted by Crippen LogP contribution is 2.18. The molecule has 2 rings (SSSR count). The van der Waals surface area contributed by atoms with Gasteiger partial charge in [0.2, 0.25) is 0 Å². The molecular weight excluding hydrogens is 254 g/mol. The van der Waals surface area contributed by atoms with Crippen molar-refractivity contribution in [2.75, 3.05) is 12.4 Å². The lowest BCUT2D eigenvalue weighted by molar-refractivity contribution is 0.102. The van der Waals surface area contributed by atoms with Crippen LogP contribution in [0.2, 0.25) is 0 Å². The van der Waals surface area contributed by atoms with Crippen molar-refractivity contribution in [1.82, 2.24) is 9.78 Å². The number of carbonyl (C=O) groups excluding carboxylic acids is 1. The molecule has 1 unspecified atom stereocenters. The van der Waals surface area contributed by atoms with Gasteiger partial charge in [0.05, 0.1) is 19.3 Å². The van der Waals surface area contributed by atoms with Crippen LogP contribution in [-0.2, 0) is 0 Å². The van der Waals surface area contributed by atoms with E-state index < -0.39 is 0 Å². The normalized spacial score (nSPS) is 11.9. The lowest BCUT2D eigenvalue weighted by Crippen LogP contribution is -2.17. The number of nitrogens with one attached hydrogen (secondary N) is 1. The number of hydrogen-bond acceptors (Lipinski definition) is 3. The van der Waals surface area contributed by atoms with Gasteiger partial charge >= 0.3 is 0 Å². The summed E-state index contributed by atoms with van der Waals surface area (Å²) in [6.07, 6.45) is 2.64. The first-order valence-corrected chi connectivity index (χ1v) is 6.64. The molecule has 0 fully saturated rings. The van der Waals surface area contributed by atoms with E-state index in [9.17, 15) is 4.79 Å². The van der Waals surface area contributed by atoms with E-state index in [0.717, 1.165) is 12.2 Å². The first-order valence-electron chi connectivity index (χ1n) is 6.64. The molecule has 0 aliphatic carbocycles. The highest BCUT2D eigenvalue weighted by molar-refractivity contribution is 6.03. The van der Waals surface area contributed by atoms with Gasteiger partial charge in [0.1, 0.15) is 11.6 Å². The van der Waals surface area contributed by atoms with Gasteiger partial charge in [0.25, 0.3) is 5.91 Å². The summed E-state index contributed by atoms with van der Waals surface area (Å²) in [6.45, 7) is 4.15. The van der Waals surface area contributed by atoms with Crippen molar-refractivity contribution in [2.45, 2.75) is 26.3 Å². The number of hydrogen-bond donors (Lipinski definition) is 1. The van der Waals surface area contributed by atoms with Gasteiger partial charge in [-0.1, -0.05) is 6.92 Å². The van der Waals surface area contributed by atoms with E-state index in [1.165, 1.54) is 0 Å². The van der Waals surface area contributed by atoms with Crippen molar-refractivity contribution in [1.29, 1.82) is 0 Å². The number of amides is 1. The molecule has 1 amide bonds. The molecule has 1 aromatic heterocycles. The fourth-order valence-electron chi connectivity index (χ4n) is 1.87. The van der Waals surface area contributed by atoms with Gasteiger partial charge in [-0.2, -0.15) is 5.10 Å². The SMILES string of the molecule is CCC(C)n1nccc1NC(=O)c1ccc(OC)cc1. The molecule has 106 valence electrons. The average molecular weight is 273 g/mol. The van der Waals surface area contributed by atoms with Gasteiger partial charge in [0, 0.05) is 11.6 Å². The Bertz CT molecular complexity index is 575. The van der Waals surface area contributed by atoms with Crippen LogP contribution in [0.25, 0.3) is 0 Å². The lowest BCUT2D eigenvalue weighted by Gasteiger charge is -2.14. The fraction of sp³-hybridized carbons (Fsp3) is 0.333. The van der Waals surface area contributed by atoms with Crippen LogP contribution in [0.1, 0.15) is 36.7 Å². The van der Waals surface area contributed by atoms with Gasteiger partial charge in [-0.3, -0.25) is 4.79 Å². The minimum atomic E-state index is -0.155. The van der Waals surface area contributed by atoms with E-state index in [0.29, 0.717) is 11.4 Å². The Labute approximate surface area is 118 Å². The minimum Gasteiger partial charge on any atom is -0.497 e. The van der Waals surface area contributed by atoms with E-state index in [1.54, 1.807) is 43.6 Å². The second-order valence-electron chi connectivity index (χ2n) is 4.60. The molecule has 0 saturated heterocycles. The molecule has 0 spiro atoms. The second kappa shape index (κ2) is 6.23. The van der Waals surface area contributed by atoms with E-state index >= 15 is 0 Å². The Hall–Kier alpha value is -2.30. The third-order valence-electron chi connectivity index (χ3n) is 3.27. The number of nitrogens with zero attached hydrogens (tertiary/aromatic N) is 2. The topological polar surface area (TPSA) is 56.2 Å². The smallest absolute Gasteiger partial charge is 0.256 e. The molecule has 2 aromatic rings. The van der Waals surface area contributed by atoms with Crippen LogP contribution < -0.4 is 10.1 Å². The summed E-state index contributed by atoms with van der Waals surface area (Å²) >= 11 is 0. The van der Waals surface area contributed by atoms with Gasteiger partial charge in [-0.15, -0.1) is 0 Å². The molecule has 0 bridgehead atoms. The first kappa shape index (κ1) is 14.1. The number of aromatic nitrogens is 2. The summed E-state index contributed by atoms with van der Waals surface area (Å²) in [5.74, 6) is 1.28. The zero-order chi connectivity index (χ0) is 14.5. The standard InChI is InChI=1S/C15H19N3O2/c1-4-11(2)18-14(9-10-16-18)17-15(19)12-5-7-13(20-3)8-6-12/h5-11H,4H2,1-3H3,(H,17,19).